The van der Waals surface area contributed by atoms with Crippen molar-refractivity contribution in [2.45, 2.75) is 55.1 Å². The van der Waals surface area contributed by atoms with E-state index in [0.29, 0.717) is 0 Å². The maximum absolute atomic E-state index is 11.0. The van der Waals surface area contributed by atoms with Crippen molar-refractivity contribution in [3.63, 3.8) is 0 Å². The maximum Gasteiger partial charge on any atom is 0.187 e. The first-order chi connectivity index (χ1) is 10.8. The first kappa shape index (κ1) is 20.3. The lowest BCUT2D eigenvalue weighted by atomic mass is 9.99. The second-order valence-corrected chi connectivity index (χ2v) is 5.17. The number of aliphatic hydroxyl groups is 8. The molecule has 0 aliphatic carbocycles. The Labute approximate surface area is 130 Å². The van der Waals surface area contributed by atoms with Crippen molar-refractivity contribution in [1.82, 2.24) is 0 Å². The molecule has 0 radical (unpaired) electrons. The summed E-state index contributed by atoms with van der Waals surface area (Å²) in [5, 5.41) is 75.2. The predicted octanol–water partition coefficient (Wildman–Crippen LogP) is -5.55. The lowest BCUT2D eigenvalue weighted by molar-refractivity contribution is -0.315. The molecule has 1 heterocycles. The van der Waals surface area contributed by atoms with Crippen molar-refractivity contribution in [3.8, 4) is 0 Å². The summed E-state index contributed by atoms with van der Waals surface area (Å²) in [6.45, 7) is -1.60. The Morgan fingerprint density at radius 2 is 1.61 bits per heavy atom. The standard InChI is InChI=1S/C12H22O11/c13-1-4(16)7(17)8(18)5(2-14)22-12-11(21)10(20)9(19)6(3-15)23-12/h2,4-13,15-21H,1,3H2/t4-,5+,6-,7+,8-,9+,10+,11-,12-/m1/s1. The van der Waals surface area contributed by atoms with Crippen LogP contribution >= 0.6 is 0 Å². The highest BCUT2D eigenvalue weighted by Gasteiger charge is 2.46. The highest BCUT2D eigenvalue weighted by molar-refractivity contribution is 5.57. The molecule has 0 aromatic rings. The van der Waals surface area contributed by atoms with Gasteiger partial charge in [0.05, 0.1) is 13.2 Å². The van der Waals surface area contributed by atoms with Gasteiger partial charge >= 0.3 is 0 Å². The Hall–Kier alpha value is -0.730. The van der Waals surface area contributed by atoms with Crippen LogP contribution in [0.5, 0.6) is 0 Å². The highest BCUT2D eigenvalue weighted by Crippen LogP contribution is 2.23. The molecule has 1 saturated heterocycles. The zero-order chi connectivity index (χ0) is 17.7. The van der Waals surface area contributed by atoms with Gasteiger partial charge in [0, 0.05) is 0 Å². The molecule has 9 atom stereocenters. The van der Waals surface area contributed by atoms with E-state index in [1.807, 2.05) is 0 Å². The molecular weight excluding hydrogens is 320 g/mol. The minimum Gasteiger partial charge on any atom is -0.394 e. The molecule has 0 amide bonds. The van der Waals surface area contributed by atoms with Crippen LogP contribution in [0.15, 0.2) is 0 Å². The average molecular weight is 342 g/mol. The minimum absolute atomic E-state index is 0.0550. The lowest BCUT2D eigenvalue weighted by Gasteiger charge is -2.41. The van der Waals surface area contributed by atoms with E-state index in [-0.39, 0.29) is 6.29 Å². The first-order valence-electron chi connectivity index (χ1n) is 6.84. The Bertz CT molecular complexity index is 365. The monoisotopic (exact) mass is 342 g/mol. The van der Waals surface area contributed by atoms with Gasteiger partial charge in [-0.1, -0.05) is 0 Å². The summed E-state index contributed by atoms with van der Waals surface area (Å²) in [7, 11) is 0. The van der Waals surface area contributed by atoms with Gasteiger partial charge in [0.25, 0.3) is 0 Å². The second kappa shape index (κ2) is 8.94. The van der Waals surface area contributed by atoms with Gasteiger partial charge in [-0.15, -0.1) is 0 Å². The largest absolute Gasteiger partial charge is 0.394 e. The van der Waals surface area contributed by atoms with E-state index in [2.05, 4.69) is 0 Å². The van der Waals surface area contributed by atoms with Crippen LogP contribution in [0.3, 0.4) is 0 Å². The van der Waals surface area contributed by atoms with Gasteiger partial charge in [0.1, 0.15) is 48.8 Å². The van der Waals surface area contributed by atoms with Crippen LogP contribution in [0.25, 0.3) is 0 Å². The van der Waals surface area contributed by atoms with Crippen molar-refractivity contribution in [2.75, 3.05) is 13.2 Å². The molecule has 0 unspecified atom stereocenters. The lowest BCUT2D eigenvalue weighted by Crippen LogP contribution is -2.60. The molecule has 1 aliphatic heterocycles. The van der Waals surface area contributed by atoms with Crippen molar-refractivity contribution >= 4 is 6.29 Å². The van der Waals surface area contributed by atoms with Crippen molar-refractivity contribution in [1.29, 1.82) is 0 Å². The molecule has 1 fully saturated rings. The third kappa shape index (κ3) is 4.64. The Morgan fingerprint density at radius 3 is 2.09 bits per heavy atom. The Kier molecular flexibility index (Phi) is 7.89. The minimum atomic E-state index is -1.97. The highest BCUT2D eigenvalue weighted by atomic mass is 16.7. The summed E-state index contributed by atoms with van der Waals surface area (Å²) in [6, 6.07) is 0. The number of ether oxygens (including phenoxy) is 2. The topological polar surface area (TPSA) is 197 Å². The quantitative estimate of drug-likeness (QED) is 0.196. The number of hydrogen-bond donors (Lipinski definition) is 8. The molecule has 0 aromatic heterocycles. The summed E-state index contributed by atoms with van der Waals surface area (Å²) in [4.78, 5) is 11.0. The van der Waals surface area contributed by atoms with Crippen molar-refractivity contribution in [2.24, 2.45) is 0 Å². The van der Waals surface area contributed by atoms with Crippen LogP contribution in [0, 0.1) is 0 Å². The van der Waals surface area contributed by atoms with E-state index in [1.54, 1.807) is 0 Å². The van der Waals surface area contributed by atoms with Crippen LogP contribution in [0.2, 0.25) is 0 Å². The number of aldehydes is 1. The molecule has 1 aliphatic rings. The molecule has 0 bridgehead atoms. The van der Waals surface area contributed by atoms with Gasteiger partial charge in [0.15, 0.2) is 12.6 Å². The number of aliphatic hydroxyl groups excluding tert-OH is 8. The van der Waals surface area contributed by atoms with E-state index in [9.17, 15) is 35.4 Å². The van der Waals surface area contributed by atoms with Gasteiger partial charge in [-0.2, -0.15) is 0 Å². The van der Waals surface area contributed by atoms with Gasteiger partial charge in [-0.05, 0) is 0 Å². The molecule has 0 saturated carbocycles. The summed E-state index contributed by atoms with van der Waals surface area (Å²) < 4.78 is 9.94. The maximum atomic E-state index is 11.0. The number of rotatable bonds is 8. The average Bonchev–Trinajstić information content (AvgIpc) is 2.57. The zero-order valence-corrected chi connectivity index (χ0v) is 12.0. The van der Waals surface area contributed by atoms with Crippen LogP contribution in [0.1, 0.15) is 0 Å². The molecule has 136 valence electrons. The second-order valence-electron chi connectivity index (χ2n) is 5.17. The fourth-order valence-corrected chi connectivity index (χ4v) is 2.06. The Morgan fingerprint density at radius 1 is 1.00 bits per heavy atom. The van der Waals surface area contributed by atoms with Crippen molar-refractivity contribution < 1.29 is 55.1 Å². The fourth-order valence-electron chi connectivity index (χ4n) is 2.06. The number of carbonyl (C=O) groups is 1. The molecule has 8 N–H and O–H groups in total. The number of hydrogen-bond acceptors (Lipinski definition) is 11. The van der Waals surface area contributed by atoms with E-state index in [4.69, 9.17) is 19.7 Å². The zero-order valence-electron chi connectivity index (χ0n) is 12.0. The van der Waals surface area contributed by atoms with Gasteiger partial charge in [0.2, 0.25) is 0 Å². The van der Waals surface area contributed by atoms with E-state index >= 15 is 0 Å². The van der Waals surface area contributed by atoms with Crippen LogP contribution < -0.4 is 0 Å². The molecule has 0 spiro atoms. The molecule has 11 nitrogen and oxygen atoms in total. The summed E-state index contributed by atoms with van der Waals surface area (Å²) in [6.07, 6.45) is -15.5. The van der Waals surface area contributed by atoms with Gasteiger partial charge in [-0.3, -0.25) is 0 Å². The first-order valence-corrected chi connectivity index (χ1v) is 6.84. The van der Waals surface area contributed by atoms with E-state index < -0.39 is 68.3 Å². The van der Waals surface area contributed by atoms with Crippen molar-refractivity contribution in [3.05, 3.63) is 0 Å². The molecule has 0 aromatic carbocycles. The van der Waals surface area contributed by atoms with Crippen LogP contribution in [-0.4, -0.2) is 115 Å². The fraction of sp³-hybridized carbons (Fsp3) is 0.917. The third-order valence-electron chi connectivity index (χ3n) is 3.54. The molecule has 1 rings (SSSR count). The summed E-state index contributed by atoms with van der Waals surface area (Å²) in [5.41, 5.74) is 0. The SMILES string of the molecule is O=C[C@H](O[C@@H]1O[C@H](CO)[C@H](O)[C@H](O)[C@H]1O)[C@@H](O)[C@@H](O)[C@H](O)CO. The van der Waals surface area contributed by atoms with Gasteiger partial charge < -0.3 is 55.1 Å². The third-order valence-corrected chi connectivity index (χ3v) is 3.54. The van der Waals surface area contributed by atoms with E-state index in [0.717, 1.165) is 0 Å². The predicted molar refractivity (Wildman–Crippen MR) is 69.8 cm³/mol. The molecule has 11 heteroatoms. The van der Waals surface area contributed by atoms with E-state index in [1.165, 1.54) is 0 Å². The number of carbonyl (C=O) groups excluding carboxylic acids is 1. The van der Waals surface area contributed by atoms with Crippen LogP contribution in [0.4, 0.5) is 0 Å². The summed E-state index contributed by atoms with van der Waals surface area (Å²) in [5.74, 6) is 0. The smallest absolute Gasteiger partial charge is 0.187 e. The Balaban J connectivity index is 2.79. The summed E-state index contributed by atoms with van der Waals surface area (Å²) >= 11 is 0. The normalized spacial score (nSPS) is 37.0. The molecular formula is C12H22O11. The van der Waals surface area contributed by atoms with Gasteiger partial charge in [-0.25, -0.2) is 0 Å². The molecule has 23 heavy (non-hydrogen) atoms. The van der Waals surface area contributed by atoms with Crippen LogP contribution in [-0.2, 0) is 14.3 Å².